The SMILES string of the molecule is C=CC/C=C\C/C=C\CCCCCCCc1cccc(O)c1.CCC/C=C\C/C=C\CCCCCCCc1cccc(O)c1.CCCCCC/C=C\CCCCCCCc1cccc(O)c1.CCCCCCCCCCCCCCCc1cccc(O)c1. The lowest BCUT2D eigenvalue weighted by Crippen LogP contribution is -1.86. The van der Waals surface area contributed by atoms with Crippen LogP contribution in [0.1, 0.15) is 306 Å². The van der Waals surface area contributed by atoms with E-state index in [-0.39, 0.29) is 0 Å². The van der Waals surface area contributed by atoms with Crippen LogP contribution in [0.4, 0.5) is 0 Å². The molecule has 0 aliphatic rings. The smallest absolute Gasteiger partial charge is 0.115 e. The minimum Gasteiger partial charge on any atom is -0.508 e. The molecule has 0 spiro atoms. The number of benzene rings is 4. The van der Waals surface area contributed by atoms with Crippen LogP contribution in [-0.4, -0.2) is 20.4 Å². The highest BCUT2D eigenvalue weighted by Gasteiger charge is 2.01. The molecule has 0 fully saturated rings. The van der Waals surface area contributed by atoms with Gasteiger partial charge in [-0.05, 0) is 199 Å². The van der Waals surface area contributed by atoms with Crippen molar-refractivity contribution >= 4 is 0 Å². The molecule has 4 aromatic carbocycles. The van der Waals surface area contributed by atoms with Gasteiger partial charge in [-0.1, -0.05) is 297 Å². The average Bonchev–Trinajstić information content (AvgIpc) is 3.54. The number of rotatable bonds is 51. The minimum absolute atomic E-state index is 0.378. The van der Waals surface area contributed by atoms with Crippen molar-refractivity contribution in [3.8, 4) is 23.0 Å². The topological polar surface area (TPSA) is 80.9 Å². The highest BCUT2D eigenvalue weighted by Crippen LogP contribution is 2.20. The quantitative estimate of drug-likeness (QED) is 0.0262. The van der Waals surface area contributed by atoms with Crippen molar-refractivity contribution in [1.82, 2.24) is 0 Å². The molecule has 0 saturated carbocycles. The molecule has 0 amide bonds. The molecular formula is C84H132O4. The van der Waals surface area contributed by atoms with Gasteiger partial charge >= 0.3 is 0 Å². The van der Waals surface area contributed by atoms with Crippen molar-refractivity contribution in [2.24, 2.45) is 0 Å². The second kappa shape index (κ2) is 64.5. The molecule has 4 rings (SSSR count). The van der Waals surface area contributed by atoms with Crippen LogP contribution < -0.4 is 0 Å². The Morgan fingerprint density at radius 1 is 0.250 bits per heavy atom. The summed E-state index contributed by atoms with van der Waals surface area (Å²) in [6.45, 7) is 10.4. The van der Waals surface area contributed by atoms with Gasteiger partial charge in [0, 0.05) is 0 Å². The van der Waals surface area contributed by atoms with Crippen molar-refractivity contribution in [2.75, 3.05) is 0 Å². The van der Waals surface area contributed by atoms with Gasteiger partial charge in [-0.15, -0.1) is 6.58 Å². The van der Waals surface area contributed by atoms with Crippen molar-refractivity contribution in [3.63, 3.8) is 0 Å². The lowest BCUT2D eigenvalue weighted by atomic mass is 10.0. The molecule has 0 aliphatic heterocycles. The lowest BCUT2D eigenvalue weighted by molar-refractivity contribution is 0.473. The number of aromatic hydroxyl groups is 4. The number of unbranched alkanes of at least 4 members (excludes halogenated alkanes) is 32. The zero-order valence-corrected chi connectivity index (χ0v) is 56.9. The molecule has 0 heterocycles. The number of phenolic OH excluding ortho intramolecular Hbond substituents is 4. The number of hydrogen-bond donors (Lipinski definition) is 4. The summed E-state index contributed by atoms with van der Waals surface area (Å²) in [5.74, 6) is 1.55. The van der Waals surface area contributed by atoms with Crippen LogP contribution in [0, 0.1) is 0 Å². The fraction of sp³-hybridized carbons (Fsp3) is 0.571. The maximum absolute atomic E-state index is 9.42. The molecular weight excluding hydrogens is 1070 g/mol. The van der Waals surface area contributed by atoms with E-state index >= 15 is 0 Å². The third-order valence-corrected chi connectivity index (χ3v) is 16.1. The van der Waals surface area contributed by atoms with Crippen LogP contribution >= 0.6 is 0 Å². The Bertz CT molecular complexity index is 2280. The molecule has 88 heavy (non-hydrogen) atoms. The first-order valence-corrected chi connectivity index (χ1v) is 36.3. The van der Waals surface area contributed by atoms with Crippen LogP contribution in [0.15, 0.2) is 170 Å². The molecule has 0 aliphatic carbocycles. The van der Waals surface area contributed by atoms with Crippen molar-refractivity contribution < 1.29 is 20.4 Å². The van der Waals surface area contributed by atoms with E-state index in [0.717, 1.165) is 44.9 Å². The van der Waals surface area contributed by atoms with Gasteiger partial charge in [-0.3, -0.25) is 0 Å². The highest BCUT2D eigenvalue weighted by atomic mass is 16.3. The molecule has 4 aromatic rings. The summed E-state index contributed by atoms with van der Waals surface area (Å²) in [5, 5.41) is 37.6. The van der Waals surface area contributed by atoms with Gasteiger partial charge in [0.05, 0.1) is 0 Å². The Morgan fingerprint density at radius 2 is 0.477 bits per heavy atom. The summed E-state index contributed by atoms with van der Waals surface area (Å²) in [6.07, 6.45) is 82.6. The summed E-state index contributed by atoms with van der Waals surface area (Å²) in [5.41, 5.74) is 5.01. The number of phenols is 4. The lowest BCUT2D eigenvalue weighted by Gasteiger charge is -2.04. The highest BCUT2D eigenvalue weighted by molar-refractivity contribution is 5.29. The first-order chi connectivity index (χ1) is 43.3. The predicted octanol–water partition coefficient (Wildman–Crippen LogP) is 26.8. The molecule has 0 atom stereocenters. The molecule has 4 N–H and O–H groups in total. The second-order valence-electron chi connectivity index (χ2n) is 24.6. The zero-order chi connectivity index (χ0) is 63.5. The maximum Gasteiger partial charge on any atom is 0.115 e. The number of aryl methyl sites for hydroxylation is 4. The third-order valence-electron chi connectivity index (χ3n) is 16.1. The van der Waals surface area contributed by atoms with Gasteiger partial charge < -0.3 is 20.4 Å². The standard InChI is InChI=1S/C21H36O.C21H34O.C21H32O.C21H30O/c4*1-2-3-4-5-6-7-8-9-10-11-12-13-14-16-20-17-15-18-21(22)19-20/h15,17-19,22H,2-14,16H2,1H3;7-8,15,17-19,22H,2-6,9-14,16H2,1H3;4-5,7-8,15,17-19,22H,2-3,6,9-14,16H2,1H3;2,4-5,7-8,15,17-19,22H,1,3,6,9-14,16H2/b;8-7-;2*5-4-,8-7-. The number of hydrogen-bond acceptors (Lipinski definition) is 4. The monoisotopic (exact) mass is 1210 g/mol. The van der Waals surface area contributed by atoms with Crippen molar-refractivity contribution in [2.45, 2.75) is 310 Å². The molecule has 0 radical (unpaired) electrons. The van der Waals surface area contributed by atoms with Gasteiger partial charge in [0.1, 0.15) is 23.0 Å². The molecule has 0 bridgehead atoms. The van der Waals surface area contributed by atoms with Gasteiger partial charge in [0.2, 0.25) is 0 Å². The first kappa shape index (κ1) is 80.5. The van der Waals surface area contributed by atoms with Crippen LogP contribution in [0.25, 0.3) is 0 Å². The summed E-state index contributed by atoms with van der Waals surface area (Å²) in [4.78, 5) is 0. The molecule has 4 heteroatoms. The van der Waals surface area contributed by atoms with Crippen molar-refractivity contribution in [3.05, 3.63) is 193 Å². The van der Waals surface area contributed by atoms with E-state index in [9.17, 15) is 20.4 Å². The molecule has 492 valence electrons. The van der Waals surface area contributed by atoms with Crippen LogP contribution in [0.5, 0.6) is 23.0 Å². The zero-order valence-electron chi connectivity index (χ0n) is 56.9. The summed E-state index contributed by atoms with van der Waals surface area (Å²) in [7, 11) is 0. The van der Waals surface area contributed by atoms with E-state index in [0.29, 0.717) is 23.0 Å². The van der Waals surface area contributed by atoms with Gasteiger partial charge in [-0.25, -0.2) is 0 Å². The van der Waals surface area contributed by atoms with Gasteiger partial charge in [0.25, 0.3) is 0 Å². The van der Waals surface area contributed by atoms with E-state index in [1.165, 1.54) is 266 Å². The van der Waals surface area contributed by atoms with E-state index < -0.39 is 0 Å². The summed E-state index contributed by atoms with van der Waals surface area (Å²) < 4.78 is 0. The minimum atomic E-state index is 0.378. The molecule has 0 aromatic heterocycles. The maximum atomic E-state index is 9.42. The first-order valence-electron chi connectivity index (χ1n) is 36.3. The Labute approximate surface area is 543 Å². The molecule has 0 unspecified atom stereocenters. The average molecular weight is 1210 g/mol. The number of allylic oxidation sites excluding steroid dienone is 11. The van der Waals surface area contributed by atoms with Crippen LogP contribution in [0.2, 0.25) is 0 Å². The summed E-state index contributed by atoms with van der Waals surface area (Å²) in [6, 6.07) is 30.6. The molecule has 4 nitrogen and oxygen atoms in total. The van der Waals surface area contributed by atoms with Crippen LogP contribution in [0.3, 0.4) is 0 Å². The second-order valence-corrected chi connectivity index (χ2v) is 24.6. The Kier molecular flexibility index (Phi) is 59.0. The fourth-order valence-electron chi connectivity index (χ4n) is 10.7. The Morgan fingerprint density at radius 3 is 0.750 bits per heavy atom. The van der Waals surface area contributed by atoms with E-state index in [1.54, 1.807) is 24.3 Å². The van der Waals surface area contributed by atoms with Crippen LogP contribution in [-0.2, 0) is 25.7 Å². The van der Waals surface area contributed by atoms with Crippen molar-refractivity contribution in [1.29, 1.82) is 0 Å². The largest absolute Gasteiger partial charge is 0.508 e. The Hall–Kier alpha value is -5.48. The predicted molar refractivity (Wildman–Crippen MR) is 389 cm³/mol. The Balaban J connectivity index is 0.000000587. The third kappa shape index (κ3) is 57.0. The summed E-state index contributed by atoms with van der Waals surface area (Å²) >= 11 is 0. The van der Waals surface area contributed by atoms with E-state index in [4.69, 9.17) is 0 Å². The van der Waals surface area contributed by atoms with Gasteiger partial charge in [0.15, 0.2) is 0 Å². The van der Waals surface area contributed by atoms with E-state index in [1.807, 2.05) is 54.6 Å². The normalized spacial score (nSPS) is 11.4. The van der Waals surface area contributed by atoms with E-state index in [2.05, 4.69) is 112 Å². The fourth-order valence-corrected chi connectivity index (χ4v) is 10.7. The molecule has 0 saturated heterocycles. The van der Waals surface area contributed by atoms with Gasteiger partial charge in [-0.2, -0.15) is 0 Å².